The quantitative estimate of drug-likeness (QED) is 0.718. The Kier molecular flexibility index (Phi) is 2.23. The molecule has 0 bridgehead atoms. The highest BCUT2D eigenvalue weighted by molar-refractivity contribution is 5.72. The first-order chi connectivity index (χ1) is 6.77. The Morgan fingerprint density at radius 3 is 3.07 bits per heavy atom. The summed E-state index contributed by atoms with van der Waals surface area (Å²) in [6.07, 6.45) is 11.7. The van der Waals surface area contributed by atoms with Crippen LogP contribution in [0.2, 0.25) is 0 Å². The fourth-order valence-electron chi connectivity index (χ4n) is 1.63. The monoisotopic (exact) mass is 189 g/mol. The molecule has 72 valence electrons. The summed E-state index contributed by atoms with van der Waals surface area (Å²) in [5.41, 5.74) is 1.86. The first-order valence-electron chi connectivity index (χ1n) is 4.50. The first-order valence-corrected chi connectivity index (χ1v) is 4.50. The molecule has 2 rings (SSSR count). The molecule has 0 radical (unpaired) electrons. The van der Waals surface area contributed by atoms with Gasteiger partial charge in [-0.3, -0.25) is 4.79 Å². The molecule has 0 amide bonds. The van der Waals surface area contributed by atoms with E-state index < -0.39 is 5.97 Å². The van der Waals surface area contributed by atoms with Gasteiger partial charge in [-0.1, -0.05) is 18.2 Å². The number of hydrogen-bond acceptors (Lipinski definition) is 2. The van der Waals surface area contributed by atoms with Crippen LogP contribution in [-0.4, -0.2) is 22.5 Å². The van der Waals surface area contributed by atoms with Crippen molar-refractivity contribution >= 4 is 5.97 Å². The second kappa shape index (κ2) is 3.54. The van der Waals surface area contributed by atoms with Gasteiger partial charge in [0.15, 0.2) is 0 Å². The van der Waals surface area contributed by atoms with Gasteiger partial charge in [0.1, 0.15) is 0 Å². The number of aliphatic carboxylic acids is 1. The maximum absolute atomic E-state index is 10.6. The lowest BCUT2D eigenvalue weighted by Gasteiger charge is -2.27. The summed E-state index contributed by atoms with van der Waals surface area (Å²) < 4.78 is 0. The first kappa shape index (κ1) is 8.81. The third-order valence-corrected chi connectivity index (χ3v) is 2.23. The zero-order valence-electron chi connectivity index (χ0n) is 7.68. The zero-order chi connectivity index (χ0) is 9.97. The van der Waals surface area contributed by atoms with E-state index in [-0.39, 0.29) is 6.42 Å². The number of hydrogen-bond donors (Lipinski definition) is 1. The molecule has 0 aromatic rings. The summed E-state index contributed by atoms with van der Waals surface area (Å²) in [5, 5.41) is 8.73. The number of carboxylic acids is 1. The zero-order valence-corrected chi connectivity index (χ0v) is 7.68. The molecule has 0 fully saturated rings. The van der Waals surface area contributed by atoms with Crippen LogP contribution in [0.25, 0.3) is 0 Å². The van der Waals surface area contributed by atoms with Gasteiger partial charge in [-0.15, -0.1) is 0 Å². The maximum atomic E-state index is 10.6. The number of nitrogens with zero attached hydrogens (tertiary/aromatic N) is 1. The molecule has 2 aliphatic heterocycles. The standard InChI is InChI=1S/C11H11NO2/c13-11(14)8-9-4-3-7-12-6-2-1-5-10(9)12/h1-6H,7-8H2,(H,13,14). The second-order valence-electron chi connectivity index (χ2n) is 3.24. The van der Waals surface area contributed by atoms with E-state index in [4.69, 9.17) is 5.11 Å². The molecular weight excluding hydrogens is 178 g/mol. The highest BCUT2D eigenvalue weighted by Crippen LogP contribution is 2.23. The largest absolute Gasteiger partial charge is 0.481 e. The average Bonchev–Trinajstić information content (AvgIpc) is 2.18. The fraction of sp³-hybridized carbons (Fsp3) is 0.182. The van der Waals surface area contributed by atoms with Crippen molar-refractivity contribution in [2.45, 2.75) is 6.42 Å². The number of carboxylic acid groups (broad SMARTS) is 1. The van der Waals surface area contributed by atoms with Crippen molar-refractivity contribution in [2.75, 3.05) is 6.54 Å². The molecule has 0 aromatic heterocycles. The van der Waals surface area contributed by atoms with E-state index in [9.17, 15) is 4.79 Å². The van der Waals surface area contributed by atoms with Crippen LogP contribution in [0.5, 0.6) is 0 Å². The topological polar surface area (TPSA) is 40.5 Å². The smallest absolute Gasteiger partial charge is 0.307 e. The van der Waals surface area contributed by atoms with Gasteiger partial charge in [-0.05, 0) is 17.7 Å². The molecule has 2 heterocycles. The molecule has 1 N–H and O–H groups in total. The molecule has 3 heteroatoms. The van der Waals surface area contributed by atoms with Gasteiger partial charge < -0.3 is 10.0 Å². The van der Waals surface area contributed by atoms with Crippen LogP contribution in [0.4, 0.5) is 0 Å². The third-order valence-electron chi connectivity index (χ3n) is 2.23. The summed E-state index contributed by atoms with van der Waals surface area (Å²) in [6.45, 7) is 0.819. The summed E-state index contributed by atoms with van der Waals surface area (Å²) in [6, 6.07) is 0. The lowest BCUT2D eigenvalue weighted by molar-refractivity contribution is -0.136. The van der Waals surface area contributed by atoms with Crippen molar-refractivity contribution in [3.63, 3.8) is 0 Å². The number of carbonyl (C=O) groups is 1. The summed E-state index contributed by atoms with van der Waals surface area (Å²) >= 11 is 0. The Labute approximate surface area is 82.3 Å². The van der Waals surface area contributed by atoms with Crippen LogP contribution in [-0.2, 0) is 4.79 Å². The van der Waals surface area contributed by atoms with Crippen molar-refractivity contribution < 1.29 is 9.90 Å². The molecule has 0 spiro atoms. The highest BCUT2D eigenvalue weighted by atomic mass is 16.4. The van der Waals surface area contributed by atoms with Crippen molar-refractivity contribution in [3.05, 3.63) is 47.9 Å². The average molecular weight is 189 g/mol. The molecule has 0 unspecified atom stereocenters. The van der Waals surface area contributed by atoms with Crippen molar-refractivity contribution in [1.82, 2.24) is 4.90 Å². The van der Waals surface area contributed by atoms with Crippen LogP contribution in [0, 0.1) is 0 Å². The lowest BCUT2D eigenvalue weighted by Crippen LogP contribution is -2.22. The van der Waals surface area contributed by atoms with Crippen molar-refractivity contribution in [2.24, 2.45) is 0 Å². The Morgan fingerprint density at radius 1 is 1.43 bits per heavy atom. The van der Waals surface area contributed by atoms with Crippen LogP contribution in [0.3, 0.4) is 0 Å². The van der Waals surface area contributed by atoms with Gasteiger partial charge in [-0.2, -0.15) is 0 Å². The fourth-order valence-corrected chi connectivity index (χ4v) is 1.63. The molecule has 2 aliphatic rings. The summed E-state index contributed by atoms with van der Waals surface area (Å²) in [4.78, 5) is 12.7. The van der Waals surface area contributed by atoms with Crippen molar-refractivity contribution in [3.8, 4) is 0 Å². The van der Waals surface area contributed by atoms with E-state index in [0.717, 1.165) is 17.8 Å². The molecule has 3 nitrogen and oxygen atoms in total. The SMILES string of the molecule is O=C(O)CC1=C2C=CC=CN2CC=C1. The minimum absolute atomic E-state index is 0.0838. The Bertz CT molecular complexity index is 375. The van der Waals surface area contributed by atoms with Crippen molar-refractivity contribution in [1.29, 1.82) is 0 Å². The predicted molar refractivity (Wildman–Crippen MR) is 53.4 cm³/mol. The summed E-state index contributed by atoms with van der Waals surface area (Å²) in [7, 11) is 0. The molecule has 0 saturated heterocycles. The molecule has 0 aromatic carbocycles. The van der Waals surface area contributed by atoms with Gasteiger partial charge in [-0.25, -0.2) is 0 Å². The van der Waals surface area contributed by atoms with E-state index in [2.05, 4.69) is 0 Å². The minimum atomic E-state index is -0.790. The maximum Gasteiger partial charge on any atom is 0.307 e. The molecule has 0 aliphatic carbocycles. The normalized spacial score (nSPS) is 18.7. The molecular formula is C11H11NO2. The van der Waals surface area contributed by atoms with E-state index in [0.29, 0.717) is 0 Å². The van der Waals surface area contributed by atoms with Crippen LogP contribution in [0.15, 0.2) is 47.9 Å². The van der Waals surface area contributed by atoms with Gasteiger partial charge in [0.05, 0.1) is 6.42 Å². The number of allylic oxidation sites excluding steroid dienone is 4. The van der Waals surface area contributed by atoms with Crippen LogP contribution in [0.1, 0.15) is 6.42 Å². The van der Waals surface area contributed by atoms with Crippen LogP contribution < -0.4 is 0 Å². The lowest BCUT2D eigenvalue weighted by atomic mass is 10.0. The van der Waals surface area contributed by atoms with E-state index in [1.54, 1.807) is 0 Å². The van der Waals surface area contributed by atoms with Crippen LogP contribution >= 0.6 is 0 Å². The van der Waals surface area contributed by atoms with Gasteiger partial charge in [0.25, 0.3) is 0 Å². The Balaban J connectivity index is 2.31. The van der Waals surface area contributed by atoms with E-state index in [1.165, 1.54) is 0 Å². The predicted octanol–water partition coefficient (Wildman–Crippen LogP) is 1.67. The number of fused-ring (bicyclic) bond motifs is 1. The van der Waals surface area contributed by atoms with E-state index in [1.807, 2.05) is 41.5 Å². The molecule has 0 saturated carbocycles. The third kappa shape index (κ3) is 1.62. The second-order valence-corrected chi connectivity index (χ2v) is 3.24. The van der Waals surface area contributed by atoms with Gasteiger partial charge in [0.2, 0.25) is 0 Å². The van der Waals surface area contributed by atoms with E-state index >= 15 is 0 Å². The molecule has 0 atom stereocenters. The minimum Gasteiger partial charge on any atom is -0.481 e. The van der Waals surface area contributed by atoms with Gasteiger partial charge in [0, 0.05) is 18.4 Å². The number of rotatable bonds is 2. The summed E-state index contributed by atoms with van der Waals surface area (Å²) in [5.74, 6) is -0.790. The Morgan fingerprint density at radius 2 is 2.29 bits per heavy atom. The highest BCUT2D eigenvalue weighted by Gasteiger charge is 2.15. The van der Waals surface area contributed by atoms with Gasteiger partial charge >= 0.3 is 5.97 Å². The molecule has 14 heavy (non-hydrogen) atoms. The Hall–Kier alpha value is -1.77.